The van der Waals surface area contributed by atoms with Crippen molar-refractivity contribution in [3.63, 3.8) is 0 Å². The topological polar surface area (TPSA) is 72.2 Å². The van der Waals surface area contributed by atoms with E-state index in [2.05, 4.69) is 5.32 Å². The van der Waals surface area contributed by atoms with E-state index < -0.39 is 11.8 Å². The molecule has 0 spiro atoms. The average molecular weight is 284 g/mol. The second-order valence-corrected chi connectivity index (χ2v) is 4.28. The molecule has 0 saturated heterocycles. The van der Waals surface area contributed by atoms with Gasteiger partial charge in [-0.2, -0.15) is 0 Å². The highest BCUT2D eigenvalue weighted by Crippen LogP contribution is 2.14. The third-order valence-corrected chi connectivity index (χ3v) is 2.75. The zero-order chi connectivity index (χ0) is 15.2. The first-order valence-corrected chi connectivity index (χ1v) is 6.20. The van der Waals surface area contributed by atoms with Crippen molar-refractivity contribution in [3.05, 3.63) is 71.6 Å². The zero-order valence-electron chi connectivity index (χ0n) is 11.0. The molecule has 0 aliphatic carbocycles. The maximum Gasteiger partial charge on any atom is 0.250 e. The third kappa shape index (κ3) is 4.01. The van der Waals surface area contributed by atoms with Crippen molar-refractivity contribution < 1.29 is 14.0 Å². The van der Waals surface area contributed by atoms with Crippen molar-refractivity contribution in [1.29, 1.82) is 0 Å². The fourth-order valence-electron chi connectivity index (χ4n) is 1.73. The van der Waals surface area contributed by atoms with Crippen LogP contribution in [0.15, 0.2) is 54.6 Å². The van der Waals surface area contributed by atoms with Crippen molar-refractivity contribution in [3.8, 4) is 0 Å². The quantitative estimate of drug-likeness (QED) is 0.847. The van der Waals surface area contributed by atoms with Crippen molar-refractivity contribution in [2.75, 3.05) is 5.32 Å². The van der Waals surface area contributed by atoms with Crippen molar-refractivity contribution in [2.45, 2.75) is 0 Å². The first kappa shape index (κ1) is 14.5. The first-order chi connectivity index (χ1) is 10.1. The third-order valence-electron chi connectivity index (χ3n) is 2.75. The van der Waals surface area contributed by atoms with Crippen LogP contribution in [0, 0.1) is 5.82 Å². The number of halogens is 1. The number of benzene rings is 2. The summed E-state index contributed by atoms with van der Waals surface area (Å²) >= 11 is 0. The Labute approximate surface area is 121 Å². The lowest BCUT2D eigenvalue weighted by Crippen LogP contribution is -2.16. The largest absolute Gasteiger partial charge is 0.366 e. The monoisotopic (exact) mass is 284 g/mol. The maximum atomic E-state index is 12.7. The van der Waals surface area contributed by atoms with Gasteiger partial charge >= 0.3 is 0 Å². The molecule has 0 radical (unpaired) electrons. The number of nitrogens with two attached hydrogens (primary N) is 1. The zero-order valence-corrected chi connectivity index (χ0v) is 11.0. The van der Waals surface area contributed by atoms with Gasteiger partial charge in [0.1, 0.15) is 5.82 Å². The minimum Gasteiger partial charge on any atom is -0.366 e. The van der Waals surface area contributed by atoms with Crippen LogP contribution < -0.4 is 11.1 Å². The highest BCUT2D eigenvalue weighted by Gasteiger charge is 2.08. The van der Waals surface area contributed by atoms with Gasteiger partial charge in [0.05, 0.1) is 11.3 Å². The molecule has 2 aromatic carbocycles. The number of carbonyl (C=O) groups is 2. The number of hydrogen-bond donors (Lipinski definition) is 2. The van der Waals surface area contributed by atoms with Gasteiger partial charge in [0, 0.05) is 6.08 Å². The summed E-state index contributed by atoms with van der Waals surface area (Å²) in [5, 5.41) is 2.57. The molecule has 0 saturated carbocycles. The highest BCUT2D eigenvalue weighted by molar-refractivity contribution is 6.07. The van der Waals surface area contributed by atoms with E-state index in [0.29, 0.717) is 11.3 Å². The van der Waals surface area contributed by atoms with Crippen molar-refractivity contribution in [1.82, 2.24) is 0 Å². The Balaban J connectivity index is 2.08. The Morgan fingerprint density at radius 2 is 1.71 bits per heavy atom. The van der Waals surface area contributed by atoms with E-state index in [1.54, 1.807) is 36.4 Å². The number of para-hydroxylation sites is 1. The van der Waals surface area contributed by atoms with Crippen LogP contribution in [0.3, 0.4) is 0 Å². The Morgan fingerprint density at radius 1 is 1.05 bits per heavy atom. The molecule has 5 heteroatoms. The molecular formula is C16H13FN2O2. The van der Waals surface area contributed by atoms with Crippen LogP contribution in [-0.4, -0.2) is 11.8 Å². The molecule has 2 rings (SSSR count). The van der Waals surface area contributed by atoms with Crippen molar-refractivity contribution >= 4 is 23.6 Å². The normalized spacial score (nSPS) is 10.5. The van der Waals surface area contributed by atoms with E-state index in [9.17, 15) is 14.0 Å². The molecule has 2 amide bonds. The molecule has 106 valence electrons. The number of primary amides is 1. The molecule has 0 aromatic heterocycles. The SMILES string of the molecule is NC(=O)c1ccccc1NC(=O)C=Cc1ccc(F)cc1. The molecule has 0 heterocycles. The lowest BCUT2D eigenvalue weighted by Gasteiger charge is -2.06. The summed E-state index contributed by atoms with van der Waals surface area (Å²) in [5.74, 6) is -1.37. The summed E-state index contributed by atoms with van der Waals surface area (Å²) in [5.41, 5.74) is 6.50. The second-order valence-electron chi connectivity index (χ2n) is 4.28. The number of anilines is 1. The second kappa shape index (κ2) is 6.47. The van der Waals surface area contributed by atoms with Gasteiger partial charge in [-0.05, 0) is 35.9 Å². The predicted molar refractivity (Wildman–Crippen MR) is 79.0 cm³/mol. The average Bonchev–Trinajstić information content (AvgIpc) is 2.47. The maximum absolute atomic E-state index is 12.7. The molecule has 2 aromatic rings. The van der Waals surface area contributed by atoms with E-state index in [1.807, 2.05) is 0 Å². The molecule has 0 aliphatic rings. The van der Waals surface area contributed by atoms with Gasteiger partial charge in [-0.15, -0.1) is 0 Å². The van der Waals surface area contributed by atoms with Crippen LogP contribution in [-0.2, 0) is 4.79 Å². The fraction of sp³-hybridized carbons (Fsp3) is 0. The molecule has 0 atom stereocenters. The fourth-order valence-corrected chi connectivity index (χ4v) is 1.73. The molecule has 0 unspecified atom stereocenters. The summed E-state index contributed by atoms with van der Waals surface area (Å²) in [6.07, 6.45) is 2.84. The summed E-state index contributed by atoms with van der Waals surface area (Å²) in [6, 6.07) is 12.2. The highest BCUT2D eigenvalue weighted by atomic mass is 19.1. The Kier molecular flexibility index (Phi) is 4.46. The number of carbonyl (C=O) groups excluding carboxylic acids is 2. The smallest absolute Gasteiger partial charge is 0.250 e. The summed E-state index contributed by atoms with van der Waals surface area (Å²) in [4.78, 5) is 23.0. The van der Waals surface area contributed by atoms with Gasteiger partial charge in [0.15, 0.2) is 0 Å². The predicted octanol–water partition coefficient (Wildman–Crippen LogP) is 2.58. The van der Waals surface area contributed by atoms with Gasteiger partial charge < -0.3 is 11.1 Å². The minimum absolute atomic E-state index is 0.237. The van der Waals surface area contributed by atoms with Gasteiger partial charge in [-0.25, -0.2) is 4.39 Å². The first-order valence-electron chi connectivity index (χ1n) is 6.20. The van der Waals surface area contributed by atoms with E-state index in [-0.39, 0.29) is 11.4 Å². The Bertz CT molecular complexity index is 694. The number of rotatable bonds is 4. The molecule has 21 heavy (non-hydrogen) atoms. The Hall–Kier alpha value is -2.95. The van der Waals surface area contributed by atoms with Gasteiger partial charge in [-0.3, -0.25) is 9.59 Å². The van der Waals surface area contributed by atoms with E-state index in [1.165, 1.54) is 24.3 Å². The van der Waals surface area contributed by atoms with E-state index in [0.717, 1.165) is 0 Å². The summed E-state index contributed by atoms with van der Waals surface area (Å²) in [6.45, 7) is 0. The molecule has 4 nitrogen and oxygen atoms in total. The Morgan fingerprint density at radius 3 is 2.38 bits per heavy atom. The van der Waals surface area contributed by atoms with Crippen LogP contribution in [0.1, 0.15) is 15.9 Å². The summed E-state index contributed by atoms with van der Waals surface area (Å²) < 4.78 is 12.7. The van der Waals surface area contributed by atoms with Crippen LogP contribution in [0.2, 0.25) is 0 Å². The minimum atomic E-state index is -0.617. The van der Waals surface area contributed by atoms with Gasteiger partial charge in [0.25, 0.3) is 5.91 Å². The van der Waals surface area contributed by atoms with Crippen molar-refractivity contribution in [2.24, 2.45) is 5.73 Å². The number of nitrogens with one attached hydrogen (secondary N) is 1. The van der Waals surface area contributed by atoms with Crippen LogP contribution >= 0.6 is 0 Å². The molecule has 0 bridgehead atoms. The number of hydrogen-bond acceptors (Lipinski definition) is 2. The van der Waals surface area contributed by atoms with E-state index >= 15 is 0 Å². The lowest BCUT2D eigenvalue weighted by atomic mass is 10.1. The van der Waals surface area contributed by atoms with E-state index in [4.69, 9.17) is 5.73 Å². The number of amides is 2. The lowest BCUT2D eigenvalue weighted by molar-refractivity contribution is -0.111. The molecule has 0 aliphatic heterocycles. The van der Waals surface area contributed by atoms with Gasteiger partial charge in [-0.1, -0.05) is 24.3 Å². The van der Waals surface area contributed by atoms with Crippen LogP contribution in [0.5, 0.6) is 0 Å². The van der Waals surface area contributed by atoms with Gasteiger partial charge in [0.2, 0.25) is 5.91 Å². The molecular weight excluding hydrogens is 271 g/mol. The molecule has 0 fully saturated rings. The van der Waals surface area contributed by atoms with Crippen LogP contribution in [0.25, 0.3) is 6.08 Å². The summed E-state index contributed by atoms with van der Waals surface area (Å²) in [7, 11) is 0. The standard InChI is InChI=1S/C16H13FN2O2/c17-12-8-5-11(6-9-12)7-10-15(20)19-14-4-2-1-3-13(14)16(18)21/h1-10H,(H2,18,21)(H,19,20). The molecule has 3 N–H and O–H groups in total. The van der Waals surface area contributed by atoms with Crippen LogP contribution in [0.4, 0.5) is 10.1 Å².